The van der Waals surface area contributed by atoms with Crippen molar-refractivity contribution in [3.05, 3.63) is 69.6 Å². The number of amides is 1. The minimum absolute atomic E-state index is 0.0882. The molecule has 1 fully saturated rings. The Morgan fingerprint density at radius 1 is 1.03 bits per heavy atom. The smallest absolute Gasteiger partial charge is 0.255 e. The van der Waals surface area contributed by atoms with E-state index in [1.54, 1.807) is 24.4 Å². The van der Waals surface area contributed by atoms with Gasteiger partial charge in [-0.15, -0.1) is 0 Å². The molecule has 0 bridgehead atoms. The number of halogens is 2. The fourth-order valence-corrected chi connectivity index (χ4v) is 4.13. The number of aryl methyl sites for hydroxylation is 1. The summed E-state index contributed by atoms with van der Waals surface area (Å²) in [4.78, 5) is 21.4. The van der Waals surface area contributed by atoms with E-state index in [0.29, 0.717) is 28.7 Å². The Morgan fingerprint density at radius 3 is 2.48 bits per heavy atom. The van der Waals surface area contributed by atoms with E-state index < -0.39 is 0 Å². The number of hydrogen-bond donors (Lipinski definition) is 0. The molecular weight excluding hydrogens is 409 g/mol. The number of nitrogens with zero attached hydrogens (tertiary/aromatic N) is 5. The monoisotopic (exact) mass is 429 g/mol. The summed E-state index contributed by atoms with van der Waals surface area (Å²) in [6.07, 6.45) is 1.76. The Bertz CT molecular complexity index is 1040. The molecule has 1 saturated heterocycles. The van der Waals surface area contributed by atoms with Gasteiger partial charge in [0.1, 0.15) is 0 Å². The molecule has 2 aromatic heterocycles. The fourth-order valence-electron chi connectivity index (χ4n) is 3.76. The lowest BCUT2D eigenvalue weighted by atomic mass is 10.1. The fraction of sp³-hybridized carbons (Fsp3) is 0.286. The molecule has 0 aliphatic carbocycles. The van der Waals surface area contributed by atoms with Crippen LogP contribution in [0.2, 0.25) is 10.0 Å². The van der Waals surface area contributed by atoms with Crippen molar-refractivity contribution in [3.8, 4) is 5.82 Å². The minimum atomic E-state index is -0.0882. The Kier molecular flexibility index (Phi) is 5.48. The van der Waals surface area contributed by atoms with Crippen molar-refractivity contribution in [3.63, 3.8) is 0 Å². The van der Waals surface area contributed by atoms with Crippen LogP contribution in [0.3, 0.4) is 0 Å². The molecule has 0 atom stereocenters. The van der Waals surface area contributed by atoms with Gasteiger partial charge in [0.2, 0.25) is 0 Å². The molecule has 1 aliphatic heterocycles. The van der Waals surface area contributed by atoms with Crippen LogP contribution in [0.25, 0.3) is 5.82 Å². The van der Waals surface area contributed by atoms with Gasteiger partial charge in [-0.2, -0.15) is 5.10 Å². The van der Waals surface area contributed by atoms with Crippen LogP contribution in [0.15, 0.2) is 42.6 Å². The van der Waals surface area contributed by atoms with Crippen molar-refractivity contribution >= 4 is 34.8 Å². The topological polar surface area (TPSA) is 54.3 Å². The molecule has 1 amide bonds. The number of pyridine rings is 1. The maximum atomic E-state index is 12.9. The molecule has 0 N–H and O–H groups in total. The summed E-state index contributed by atoms with van der Waals surface area (Å²) < 4.78 is 1.87. The zero-order valence-electron chi connectivity index (χ0n) is 16.3. The van der Waals surface area contributed by atoms with E-state index in [1.807, 2.05) is 41.6 Å². The van der Waals surface area contributed by atoms with Gasteiger partial charge in [-0.3, -0.25) is 4.79 Å². The van der Waals surface area contributed by atoms with Crippen LogP contribution in [-0.2, 0) is 0 Å². The highest BCUT2D eigenvalue weighted by Gasteiger charge is 2.27. The number of benzene rings is 1. The van der Waals surface area contributed by atoms with Crippen molar-refractivity contribution in [2.24, 2.45) is 0 Å². The third kappa shape index (κ3) is 3.82. The molecule has 0 spiro atoms. The van der Waals surface area contributed by atoms with Crippen molar-refractivity contribution in [1.29, 1.82) is 0 Å². The Morgan fingerprint density at radius 2 is 1.79 bits per heavy atom. The number of carbonyl (C=O) groups is 1. The average Bonchev–Trinajstić information content (AvgIpc) is 3.04. The predicted octanol–water partition coefficient (Wildman–Crippen LogP) is 4.15. The van der Waals surface area contributed by atoms with Gasteiger partial charge in [0.05, 0.1) is 27.7 Å². The van der Waals surface area contributed by atoms with E-state index in [0.717, 1.165) is 36.0 Å². The highest BCUT2D eigenvalue weighted by molar-refractivity contribution is 6.35. The van der Waals surface area contributed by atoms with Crippen molar-refractivity contribution in [2.45, 2.75) is 13.8 Å². The molecular formula is C21H21Cl2N5O. The maximum absolute atomic E-state index is 12.9. The Hall–Kier alpha value is -2.57. The van der Waals surface area contributed by atoms with Crippen LogP contribution < -0.4 is 4.90 Å². The van der Waals surface area contributed by atoms with E-state index in [9.17, 15) is 4.79 Å². The quantitative estimate of drug-likeness (QED) is 0.627. The summed E-state index contributed by atoms with van der Waals surface area (Å²) in [6, 6.07) is 10.7. The molecule has 0 saturated carbocycles. The van der Waals surface area contributed by atoms with Gasteiger partial charge in [-0.25, -0.2) is 9.67 Å². The second kappa shape index (κ2) is 8.05. The largest absolute Gasteiger partial charge is 0.365 e. The minimum Gasteiger partial charge on any atom is -0.365 e. The molecule has 3 heterocycles. The molecule has 1 aliphatic rings. The lowest BCUT2D eigenvalue weighted by Gasteiger charge is -2.36. The van der Waals surface area contributed by atoms with Gasteiger partial charge in [0.25, 0.3) is 5.91 Å². The number of hydrogen-bond acceptors (Lipinski definition) is 4. The van der Waals surface area contributed by atoms with Gasteiger partial charge in [0, 0.05) is 37.4 Å². The van der Waals surface area contributed by atoms with Crippen LogP contribution >= 0.6 is 23.2 Å². The summed E-state index contributed by atoms with van der Waals surface area (Å²) in [6.45, 7) is 6.71. The summed E-state index contributed by atoms with van der Waals surface area (Å²) in [5.41, 5.74) is 3.54. The first-order chi connectivity index (χ1) is 14.0. The second-order valence-electron chi connectivity index (χ2n) is 7.02. The summed E-state index contributed by atoms with van der Waals surface area (Å²) >= 11 is 12.2. The van der Waals surface area contributed by atoms with Gasteiger partial charge in [-0.1, -0.05) is 29.3 Å². The van der Waals surface area contributed by atoms with Crippen molar-refractivity contribution in [1.82, 2.24) is 19.7 Å². The van der Waals surface area contributed by atoms with Crippen molar-refractivity contribution in [2.75, 3.05) is 31.1 Å². The van der Waals surface area contributed by atoms with Gasteiger partial charge >= 0.3 is 0 Å². The van der Waals surface area contributed by atoms with Gasteiger partial charge < -0.3 is 9.80 Å². The normalized spacial score (nSPS) is 14.3. The first kappa shape index (κ1) is 19.7. The number of aromatic nitrogens is 3. The molecule has 150 valence electrons. The first-order valence-electron chi connectivity index (χ1n) is 9.42. The number of rotatable bonds is 3. The third-order valence-electron chi connectivity index (χ3n) is 5.16. The maximum Gasteiger partial charge on any atom is 0.255 e. The van der Waals surface area contributed by atoms with E-state index in [-0.39, 0.29) is 5.91 Å². The molecule has 1 aromatic carbocycles. The molecule has 6 nitrogen and oxygen atoms in total. The summed E-state index contributed by atoms with van der Waals surface area (Å²) in [5.74, 6) is 0.707. The third-order valence-corrected chi connectivity index (χ3v) is 5.73. The average molecular weight is 430 g/mol. The predicted molar refractivity (Wildman–Crippen MR) is 115 cm³/mol. The lowest BCUT2D eigenvalue weighted by molar-refractivity contribution is 0.0747. The first-order valence-corrected chi connectivity index (χ1v) is 10.2. The summed E-state index contributed by atoms with van der Waals surface area (Å²) in [5, 5.41) is 5.60. The zero-order valence-corrected chi connectivity index (χ0v) is 17.8. The Labute approximate surface area is 179 Å². The highest BCUT2D eigenvalue weighted by atomic mass is 35.5. The molecule has 0 unspecified atom stereocenters. The standard InChI is InChI=1S/C21H21Cl2N5O/c1-14-20(15(2)28(25-14)19-5-3-4-8-24-19)26-9-11-27(12-10-26)21(29)17-13-16(22)6-7-18(17)23/h3-8,13H,9-12H2,1-2H3. The van der Waals surface area contributed by atoms with Gasteiger partial charge in [-0.05, 0) is 44.2 Å². The summed E-state index contributed by atoms with van der Waals surface area (Å²) in [7, 11) is 0. The van der Waals surface area contributed by atoms with E-state index in [2.05, 4.69) is 15.0 Å². The van der Waals surface area contributed by atoms with Crippen LogP contribution in [-0.4, -0.2) is 51.8 Å². The number of piperazine rings is 1. The SMILES string of the molecule is Cc1nn(-c2ccccn2)c(C)c1N1CCN(C(=O)c2cc(Cl)ccc2Cl)CC1. The molecule has 0 radical (unpaired) electrons. The van der Waals surface area contributed by atoms with Crippen LogP contribution in [0.4, 0.5) is 5.69 Å². The lowest BCUT2D eigenvalue weighted by Crippen LogP contribution is -2.49. The molecule has 8 heteroatoms. The second-order valence-corrected chi connectivity index (χ2v) is 7.87. The van der Waals surface area contributed by atoms with Crippen LogP contribution in [0.5, 0.6) is 0 Å². The molecule has 4 rings (SSSR count). The zero-order chi connectivity index (χ0) is 20.5. The molecule has 29 heavy (non-hydrogen) atoms. The number of carbonyl (C=O) groups excluding carboxylic acids is 1. The number of anilines is 1. The van der Waals surface area contributed by atoms with E-state index in [1.165, 1.54) is 0 Å². The van der Waals surface area contributed by atoms with Gasteiger partial charge in [0.15, 0.2) is 5.82 Å². The van der Waals surface area contributed by atoms with E-state index >= 15 is 0 Å². The highest BCUT2D eigenvalue weighted by Crippen LogP contribution is 2.28. The van der Waals surface area contributed by atoms with Crippen molar-refractivity contribution < 1.29 is 4.79 Å². The molecule has 3 aromatic rings. The van der Waals surface area contributed by atoms with Crippen LogP contribution in [0.1, 0.15) is 21.7 Å². The van der Waals surface area contributed by atoms with Crippen LogP contribution in [0, 0.1) is 13.8 Å². The van der Waals surface area contributed by atoms with E-state index in [4.69, 9.17) is 23.2 Å². The Balaban J connectivity index is 1.51.